The highest BCUT2D eigenvalue weighted by atomic mass is 127. The van der Waals surface area contributed by atoms with Gasteiger partial charge in [-0.1, -0.05) is 6.92 Å². The van der Waals surface area contributed by atoms with Gasteiger partial charge < -0.3 is 14.6 Å². The summed E-state index contributed by atoms with van der Waals surface area (Å²) in [5.74, 6) is -0.224. The van der Waals surface area contributed by atoms with Crippen LogP contribution in [0.25, 0.3) is 0 Å². The van der Waals surface area contributed by atoms with E-state index in [-0.39, 0.29) is 0 Å². The fraction of sp³-hybridized carbons (Fsp3) is 0.615. The number of likely N-dealkylation sites (tertiary alicyclic amines) is 1. The lowest BCUT2D eigenvalue weighted by Gasteiger charge is -2.31. The van der Waals surface area contributed by atoms with Crippen LogP contribution < -0.4 is 0 Å². The molecule has 0 unspecified atom stereocenters. The Balaban J connectivity index is 2.00. The second-order valence-electron chi connectivity index (χ2n) is 4.88. The predicted molar refractivity (Wildman–Crippen MR) is 78.9 cm³/mol. The molecule has 0 amide bonds. The molecule has 1 fully saturated rings. The molecule has 1 aliphatic heterocycles. The Morgan fingerprint density at radius 2 is 2.17 bits per heavy atom. The van der Waals surface area contributed by atoms with E-state index < -0.39 is 5.97 Å². The minimum absolute atomic E-state index is 0.414. The number of halogens is 1. The average Bonchev–Trinajstić information content (AvgIpc) is 2.71. The summed E-state index contributed by atoms with van der Waals surface area (Å²) in [6, 6.07) is 1.74. The number of nitrogens with zero attached hydrogens (tertiary/aromatic N) is 2. The van der Waals surface area contributed by atoms with Gasteiger partial charge in [-0.25, -0.2) is 4.79 Å². The summed E-state index contributed by atoms with van der Waals surface area (Å²) < 4.78 is 2.90. The largest absolute Gasteiger partial charge is 0.477 e. The lowest BCUT2D eigenvalue weighted by Crippen LogP contribution is -2.34. The molecule has 5 heteroatoms. The highest BCUT2D eigenvalue weighted by Crippen LogP contribution is 2.21. The van der Waals surface area contributed by atoms with Crippen molar-refractivity contribution >= 4 is 28.6 Å². The van der Waals surface area contributed by atoms with Gasteiger partial charge >= 0.3 is 5.97 Å². The summed E-state index contributed by atoms with van der Waals surface area (Å²) in [5.41, 5.74) is 0.414. The molecule has 1 saturated heterocycles. The summed E-state index contributed by atoms with van der Waals surface area (Å²) in [7, 11) is 0. The first-order chi connectivity index (χ1) is 8.60. The first-order valence-electron chi connectivity index (χ1n) is 6.41. The third-order valence-electron chi connectivity index (χ3n) is 3.69. The van der Waals surface area contributed by atoms with E-state index >= 15 is 0 Å². The van der Waals surface area contributed by atoms with Crippen molar-refractivity contribution in [2.75, 3.05) is 19.6 Å². The van der Waals surface area contributed by atoms with Crippen LogP contribution in [0.1, 0.15) is 30.3 Å². The number of piperidine rings is 1. The highest BCUT2D eigenvalue weighted by molar-refractivity contribution is 14.1. The van der Waals surface area contributed by atoms with E-state index in [9.17, 15) is 4.79 Å². The Labute approximate surface area is 121 Å². The van der Waals surface area contributed by atoms with E-state index in [1.165, 1.54) is 12.8 Å². The van der Waals surface area contributed by atoms with Crippen LogP contribution in [-0.2, 0) is 6.54 Å². The molecule has 18 heavy (non-hydrogen) atoms. The zero-order valence-corrected chi connectivity index (χ0v) is 12.8. The highest BCUT2D eigenvalue weighted by Gasteiger charge is 2.20. The van der Waals surface area contributed by atoms with Crippen LogP contribution in [0.3, 0.4) is 0 Å². The van der Waals surface area contributed by atoms with Crippen molar-refractivity contribution in [3.05, 3.63) is 21.5 Å². The predicted octanol–water partition coefficient (Wildman–Crippen LogP) is 2.52. The number of carboxylic acids is 1. The van der Waals surface area contributed by atoms with Crippen LogP contribution in [0, 0.1) is 9.49 Å². The van der Waals surface area contributed by atoms with E-state index in [2.05, 4.69) is 34.4 Å². The number of aromatic carboxylic acids is 1. The molecule has 0 aliphatic carbocycles. The van der Waals surface area contributed by atoms with Gasteiger partial charge in [0.2, 0.25) is 0 Å². The van der Waals surface area contributed by atoms with Crippen LogP contribution >= 0.6 is 22.6 Å². The standard InChI is InChI=1S/C13H19IN2O2/c1-2-15-5-3-10(4-6-15)8-16-9-11(14)7-12(16)13(17)18/h7,9-10H,2-6,8H2,1H3,(H,17,18). The van der Waals surface area contributed by atoms with Crippen molar-refractivity contribution in [1.82, 2.24) is 9.47 Å². The molecule has 100 valence electrons. The number of aromatic nitrogens is 1. The summed E-state index contributed by atoms with van der Waals surface area (Å²) in [6.45, 7) is 6.43. The number of carbonyl (C=O) groups is 1. The van der Waals surface area contributed by atoms with Gasteiger partial charge in [0.05, 0.1) is 0 Å². The van der Waals surface area contributed by atoms with Crippen molar-refractivity contribution in [3.63, 3.8) is 0 Å². The third-order valence-corrected chi connectivity index (χ3v) is 4.28. The maximum atomic E-state index is 11.1. The maximum absolute atomic E-state index is 11.1. The van der Waals surface area contributed by atoms with Crippen molar-refractivity contribution in [3.8, 4) is 0 Å². The Morgan fingerprint density at radius 1 is 1.50 bits per heavy atom. The molecule has 1 aromatic heterocycles. The van der Waals surface area contributed by atoms with Crippen molar-refractivity contribution < 1.29 is 9.90 Å². The van der Waals surface area contributed by atoms with Crippen molar-refractivity contribution in [2.45, 2.75) is 26.3 Å². The van der Waals surface area contributed by atoms with E-state index in [0.29, 0.717) is 11.6 Å². The summed E-state index contributed by atoms with van der Waals surface area (Å²) in [4.78, 5) is 13.6. The Kier molecular flexibility index (Phi) is 4.66. The molecule has 1 N–H and O–H groups in total. The molecule has 2 rings (SSSR count). The van der Waals surface area contributed by atoms with Gasteiger partial charge in [-0.05, 0) is 67.1 Å². The third kappa shape index (κ3) is 3.26. The van der Waals surface area contributed by atoms with E-state index in [4.69, 9.17) is 5.11 Å². The fourth-order valence-electron chi connectivity index (χ4n) is 2.57. The summed E-state index contributed by atoms with van der Waals surface area (Å²) in [5, 5.41) is 9.16. The fourth-order valence-corrected chi connectivity index (χ4v) is 3.20. The molecule has 0 aromatic carbocycles. The smallest absolute Gasteiger partial charge is 0.352 e. The van der Waals surface area contributed by atoms with Crippen LogP contribution in [0.2, 0.25) is 0 Å². The topological polar surface area (TPSA) is 45.5 Å². The molecular formula is C13H19IN2O2. The quantitative estimate of drug-likeness (QED) is 0.838. The minimum Gasteiger partial charge on any atom is -0.477 e. The van der Waals surface area contributed by atoms with E-state index in [1.807, 2.05) is 10.8 Å². The van der Waals surface area contributed by atoms with Gasteiger partial charge in [0, 0.05) is 16.3 Å². The van der Waals surface area contributed by atoms with Crippen molar-refractivity contribution in [2.24, 2.45) is 5.92 Å². The molecule has 2 heterocycles. The van der Waals surface area contributed by atoms with E-state index in [1.54, 1.807) is 6.07 Å². The molecular weight excluding hydrogens is 343 g/mol. The molecule has 1 aliphatic rings. The zero-order chi connectivity index (χ0) is 13.1. The molecule has 0 radical (unpaired) electrons. The SMILES string of the molecule is CCN1CCC(Cn2cc(I)cc2C(=O)O)CC1. The Bertz CT molecular complexity index is 423. The van der Waals surface area contributed by atoms with E-state index in [0.717, 1.165) is 29.7 Å². The summed E-state index contributed by atoms with van der Waals surface area (Å²) >= 11 is 2.17. The second kappa shape index (κ2) is 6.06. The number of rotatable bonds is 4. The molecule has 0 spiro atoms. The minimum atomic E-state index is -0.830. The number of hydrogen-bond donors (Lipinski definition) is 1. The lowest BCUT2D eigenvalue weighted by molar-refractivity contribution is 0.0682. The first kappa shape index (κ1) is 13.9. The van der Waals surface area contributed by atoms with Gasteiger partial charge in [0.15, 0.2) is 0 Å². The first-order valence-corrected chi connectivity index (χ1v) is 7.49. The molecule has 0 saturated carbocycles. The van der Waals surface area contributed by atoms with Crippen LogP contribution in [-0.4, -0.2) is 40.2 Å². The van der Waals surface area contributed by atoms with Crippen LogP contribution in [0.15, 0.2) is 12.3 Å². The van der Waals surface area contributed by atoms with Gasteiger partial charge in [-0.2, -0.15) is 0 Å². The molecule has 0 bridgehead atoms. The zero-order valence-electron chi connectivity index (χ0n) is 10.6. The number of hydrogen-bond acceptors (Lipinski definition) is 2. The molecule has 1 aromatic rings. The maximum Gasteiger partial charge on any atom is 0.352 e. The van der Waals surface area contributed by atoms with Crippen molar-refractivity contribution in [1.29, 1.82) is 0 Å². The lowest BCUT2D eigenvalue weighted by atomic mass is 9.96. The summed E-state index contributed by atoms with van der Waals surface area (Å²) in [6.07, 6.45) is 4.28. The van der Waals surface area contributed by atoms with Gasteiger partial charge in [0.25, 0.3) is 0 Å². The van der Waals surface area contributed by atoms with Gasteiger partial charge in [-0.15, -0.1) is 0 Å². The van der Waals surface area contributed by atoms with Gasteiger partial charge in [-0.3, -0.25) is 0 Å². The Morgan fingerprint density at radius 3 is 2.72 bits per heavy atom. The van der Waals surface area contributed by atoms with Gasteiger partial charge in [0.1, 0.15) is 5.69 Å². The monoisotopic (exact) mass is 362 g/mol. The normalized spacial score (nSPS) is 18.1. The molecule has 4 nitrogen and oxygen atoms in total. The number of carboxylic acid groups (broad SMARTS) is 1. The Hall–Kier alpha value is -0.560. The van der Waals surface area contributed by atoms with Crippen LogP contribution in [0.4, 0.5) is 0 Å². The van der Waals surface area contributed by atoms with Crippen LogP contribution in [0.5, 0.6) is 0 Å². The second-order valence-corrected chi connectivity index (χ2v) is 6.12. The molecule has 0 atom stereocenters. The average molecular weight is 362 g/mol.